The smallest absolute Gasteiger partial charge is 0.313 e. The zero-order valence-electron chi connectivity index (χ0n) is 13.6. The van der Waals surface area contributed by atoms with E-state index in [0.717, 1.165) is 18.2 Å². The Morgan fingerprint density at radius 1 is 0.926 bits per heavy atom. The van der Waals surface area contributed by atoms with Gasteiger partial charge in [-0.25, -0.2) is 8.78 Å². The topological polar surface area (TPSA) is 75.3 Å². The predicted octanol–water partition coefficient (Wildman–Crippen LogP) is 3.57. The summed E-state index contributed by atoms with van der Waals surface area (Å²) in [6.07, 6.45) is 0. The first-order chi connectivity index (χ1) is 12.9. The molecule has 2 N–H and O–H groups in total. The number of rotatable bonds is 5. The lowest BCUT2D eigenvalue weighted by Crippen LogP contribution is -2.34. The van der Waals surface area contributed by atoms with Gasteiger partial charge in [0.05, 0.1) is 16.3 Å². The summed E-state index contributed by atoms with van der Waals surface area (Å²) >= 11 is 2.56. The predicted molar refractivity (Wildman–Crippen MR) is 98.9 cm³/mol. The van der Waals surface area contributed by atoms with Gasteiger partial charge >= 0.3 is 11.8 Å². The van der Waals surface area contributed by atoms with Crippen molar-refractivity contribution in [1.82, 2.24) is 5.32 Å². The fourth-order valence-corrected chi connectivity index (χ4v) is 3.78. The molecule has 9 heteroatoms. The first kappa shape index (κ1) is 18.9. The van der Waals surface area contributed by atoms with Crippen LogP contribution < -0.4 is 10.6 Å². The van der Waals surface area contributed by atoms with Gasteiger partial charge in [-0.15, -0.1) is 22.7 Å². The summed E-state index contributed by atoms with van der Waals surface area (Å²) in [7, 11) is 0. The van der Waals surface area contributed by atoms with Gasteiger partial charge in [0, 0.05) is 16.6 Å². The minimum Gasteiger partial charge on any atom is -0.343 e. The largest absolute Gasteiger partial charge is 0.343 e. The Labute approximate surface area is 160 Å². The highest BCUT2D eigenvalue weighted by Gasteiger charge is 2.16. The number of ketones is 1. The lowest BCUT2D eigenvalue weighted by Gasteiger charge is -2.06. The van der Waals surface area contributed by atoms with Crippen LogP contribution in [0.5, 0.6) is 0 Å². The van der Waals surface area contributed by atoms with E-state index >= 15 is 0 Å². The molecule has 0 aliphatic rings. The van der Waals surface area contributed by atoms with Gasteiger partial charge in [0.1, 0.15) is 0 Å². The number of halogens is 2. The molecule has 2 amide bonds. The van der Waals surface area contributed by atoms with Crippen LogP contribution in [0.1, 0.15) is 19.4 Å². The Morgan fingerprint density at radius 2 is 1.74 bits per heavy atom. The van der Waals surface area contributed by atoms with Crippen LogP contribution in [0.25, 0.3) is 0 Å². The van der Waals surface area contributed by atoms with E-state index in [-0.39, 0.29) is 18.0 Å². The quantitative estimate of drug-likeness (QED) is 0.502. The maximum atomic E-state index is 13.1. The molecule has 27 heavy (non-hydrogen) atoms. The minimum atomic E-state index is -1.13. The fourth-order valence-electron chi connectivity index (χ4n) is 2.13. The number of anilines is 1. The summed E-state index contributed by atoms with van der Waals surface area (Å²) in [5, 5.41) is 6.41. The zero-order chi connectivity index (χ0) is 19.4. The highest BCUT2D eigenvalue weighted by molar-refractivity contribution is 7.16. The van der Waals surface area contributed by atoms with Crippen molar-refractivity contribution < 1.29 is 23.2 Å². The summed E-state index contributed by atoms with van der Waals surface area (Å²) < 4.78 is 26.0. The summed E-state index contributed by atoms with van der Waals surface area (Å²) in [4.78, 5) is 37.7. The Bertz CT molecular complexity index is 1000. The molecule has 0 aliphatic heterocycles. The molecule has 0 aliphatic carbocycles. The molecule has 3 rings (SSSR count). The minimum absolute atomic E-state index is 0.0333. The van der Waals surface area contributed by atoms with Gasteiger partial charge < -0.3 is 10.6 Å². The van der Waals surface area contributed by atoms with Crippen molar-refractivity contribution in [3.05, 3.63) is 74.1 Å². The lowest BCUT2D eigenvalue weighted by molar-refractivity contribution is -0.136. The van der Waals surface area contributed by atoms with Crippen LogP contribution >= 0.6 is 22.7 Å². The van der Waals surface area contributed by atoms with Crippen LogP contribution in [-0.2, 0) is 16.1 Å². The molecule has 0 saturated heterocycles. The third-order valence-electron chi connectivity index (χ3n) is 3.44. The third-order valence-corrected chi connectivity index (χ3v) is 5.39. The number of amides is 2. The van der Waals surface area contributed by atoms with Crippen molar-refractivity contribution in [3.8, 4) is 0 Å². The van der Waals surface area contributed by atoms with Crippen molar-refractivity contribution >= 4 is 46.0 Å². The fraction of sp³-hybridized carbons (Fsp3) is 0.0556. The summed E-state index contributed by atoms with van der Waals surface area (Å²) in [5.41, 5.74) is -0.0333. The van der Waals surface area contributed by atoms with E-state index in [1.54, 1.807) is 24.3 Å². The average Bonchev–Trinajstić information content (AvgIpc) is 3.34. The third kappa shape index (κ3) is 4.63. The van der Waals surface area contributed by atoms with E-state index in [2.05, 4.69) is 10.6 Å². The van der Waals surface area contributed by atoms with E-state index < -0.39 is 23.4 Å². The Morgan fingerprint density at radius 3 is 2.44 bits per heavy atom. The van der Waals surface area contributed by atoms with Gasteiger partial charge in [0.2, 0.25) is 5.78 Å². The Balaban J connectivity index is 1.55. The van der Waals surface area contributed by atoms with Gasteiger partial charge in [0.15, 0.2) is 11.6 Å². The van der Waals surface area contributed by atoms with Crippen molar-refractivity contribution in [2.75, 3.05) is 5.32 Å². The van der Waals surface area contributed by atoms with E-state index in [1.165, 1.54) is 22.7 Å². The molecule has 0 radical (unpaired) electrons. The van der Waals surface area contributed by atoms with Gasteiger partial charge in [0.25, 0.3) is 0 Å². The highest BCUT2D eigenvalue weighted by Crippen LogP contribution is 2.22. The second kappa shape index (κ2) is 8.19. The molecule has 2 aromatic heterocycles. The summed E-state index contributed by atoms with van der Waals surface area (Å²) in [6, 6.07) is 9.65. The van der Waals surface area contributed by atoms with Crippen LogP contribution in [0.3, 0.4) is 0 Å². The number of carbonyl (C=O) groups is 3. The van der Waals surface area contributed by atoms with E-state index in [1.807, 2.05) is 5.38 Å². The average molecular weight is 406 g/mol. The molecule has 0 saturated carbocycles. The molecule has 0 fully saturated rings. The SMILES string of the molecule is O=C(NCc1ccc(C(=O)c2cccs2)s1)C(=O)Nc1ccc(F)c(F)c1. The number of thiophene rings is 2. The molecular formula is C18H12F2N2O3S2. The molecule has 2 heterocycles. The number of benzene rings is 1. The van der Waals surface area contributed by atoms with Crippen LogP contribution in [-0.4, -0.2) is 17.6 Å². The van der Waals surface area contributed by atoms with E-state index in [0.29, 0.717) is 14.6 Å². The summed E-state index contributed by atoms with van der Waals surface area (Å²) in [5.74, 6) is -4.21. The molecule has 1 aromatic carbocycles. The number of hydrogen-bond acceptors (Lipinski definition) is 5. The maximum Gasteiger partial charge on any atom is 0.313 e. The first-order valence-electron chi connectivity index (χ1n) is 7.65. The van der Waals surface area contributed by atoms with Gasteiger partial charge in [-0.2, -0.15) is 0 Å². The van der Waals surface area contributed by atoms with Gasteiger partial charge in [-0.05, 0) is 35.7 Å². The Kier molecular flexibility index (Phi) is 5.72. The highest BCUT2D eigenvalue weighted by atomic mass is 32.1. The van der Waals surface area contributed by atoms with Crippen molar-refractivity contribution in [2.24, 2.45) is 0 Å². The molecule has 0 spiro atoms. The molecule has 5 nitrogen and oxygen atoms in total. The Hall–Kier alpha value is -2.91. The maximum absolute atomic E-state index is 13.1. The normalized spacial score (nSPS) is 10.4. The molecule has 138 valence electrons. The second-order valence-electron chi connectivity index (χ2n) is 5.34. The van der Waals surface area contributed by atoms with Crippen molar-refractivity contribution in [1.29, 1.82) is 0 Å². The first-order valence-corrected chi connectivity index (χ1v) is 9.35. The number of carbonyl (C=O) groups excluding carboxylic acids is 3. The van der Waals surface area contributed by atoms with Gasteiger partial charge in [-0.3, -0.25) is 14.4 Å². The van der Waals surface area contributed by atoms with Crippen LogP contribution in [0.15, 0.2) is 47.8 Å². The standard InChI is InChI=1S/C18H12F2N2O3S2/c19-12-5-3-10(8-13(12)20)22-18(25)17(24)21-9-11-4-6-15(27-11)16(23)14-2-1-7-26-14/h1-8H,9H2,(H,21,24)(H,22,25). The lowest BCUT2D eigenvalue weighted by atomic mass is 10.3. The van der Waals surface area contributed by atoms with Crippen LogP contribution in [0.4, 0.5) is 14.5 Å². The zero-order valence-corrected chi connectivity index (χ0v) is 15.3. The van der Waals surface area contributed by atoms with Gasteiger partial charge in [-0.1, -0.05) is 6.07 Å². The van der Waals surface area contributed by atoms with Crippen LogP contribution in [0.2, 0.25) is 0 Å². The molecule has 0 bridgehead atoms. The number of nitrogens with one attached hydrogen (secondary N) is 2. The van der Waals surface area contributed by atoms with Crippen LogP contribution in [0, 0.1) is 11.6 Å². The summed E-state index contributed by atoms with van der Waals surface area (Å²) in [6.45, 7) is 0.0619. The van der Waals surface area contributed by atoms with Crippen molar-refractivity contribution in [3.63, 3.8) is 0 Å². The molecule has 3 aromatic rings. The molecular weight excluding hydrogens is 394 g/mol. The second-order valence-corrected chi connectivity index (χ2v) is 7.45. The number of hydrogen-bond donors (Lipinski definition) is 2. The van der Waals surface area contributed by atoms with Crippen molar-refractivity contribution in [2.45, 2.75) is 6.54 Å². The monoisotopic (exact) mass is 406 g/mol. The van der Waals surface area contributed by atoms with E-state index in [9.17, 15) is 23.2 Å². The van der Waals surface area contributed by atoms with E-state index in [4.69, 9.17) is 0 Å². The molecule has 0 atom stereocenters. The molecule has 0 unspecified atom stereocenters.